The SMILES string of the molecule is C#CC1(S(=O)(=O)c2ccccc2)CC1. The van der Waals surface area contributed by atoms with Crippen molar-refractivity contribution in [2.24, 2.45) is 0 Å². The zero-order valence-corrected chi connectivity index (χ0v) is 8.42. The van der Waals surface area contributed by atoms with Gasteiger partial charge in [0.1, 0.15) is 4.75 Å². The number of rotatable bonds is 2. The summed E-state index contributed by atoms with van der Waals surface area (Å²) in [5, 5.41) is 0. The molecular formula is C11H10O2S. The van der Waals surface area contributed by atoms with Crippen LogP contribution in [0.2, 0.25) is 0 Å². The van der Waals surface area contributed by atoms with Gasteiger partial charge in [0.15, 0.2) is 9.84 Å². The summed E-state index contributed by atoms with van der Waals surface area (Å²) in [5.41, 5.74) is 0. The van der Waals surface area contributed by atoms with E-state index < -0.39 is 14.6 Å². The minimum absolute atomic E-state index is 0.329. The minimum atomic E-state index is -3.31. The molecule has 1 saturated carbocycles. The normalized spacial score (nSPS) is 18.5. The Morgan fingerprint density at radius 3 is 2.21 bits per heavy atom. The van der Waals surface area contributed by atoms with Crippen LogP contribution in [0.3, 0.4) is 0 Å². The molecule has 0 amide bonds. The van der Waals surface area contributed by atoms with Crippen molar-refractivity contribution in [2.75, 3.05) is 0 Å². The standard InChI is InChI=1S/C11H10O2S/c1-2-11(8-9-11)14(12,13)10-6-4-3-5-7-10/h1,3-7H,8-9H2. The summed E-state index contributed by atoms with van der Waals surface area (Å²) < 4.78 is 23.1. The Morgan fingerprint density at radius 1 is 1.21 bits per heavy atom. The van der Waals surface area contributed by atoms with Crippen LogP contribution in [0.4, 0.5) is 0 Å². The van der Waals surface area contributed by atoms with Gasteiger partial charge in [-0.3, -0.25) is 0 Å². The molecule has 0 bridgehead atoms. The van der Waals surface area contributed by atoms with Crippen LogP contribution in [0.1, 0.15) is 12.8 Å². The molecular weight excluding hydrogens is 196 g/mol. The third-order valence-corrected chi connectivity index (χ3v) is 4.98. The molecule has 1 aliphatic rings. The second-order valence-electron chi connectivity index (χ2n) is 3.46. The van der Waals surface area contributed by atoms with E-state index in [0.29, 0.717) is 17.7 Å². The highest BCUT2D eigenvalue weighted by molar-refractivity contribution is 7.93. The zero-order chi connectivity index (χ0) is 10.2. The van der Waals surface area contributed by atoms with Crippen molar-refractivity contribution >= 4 is 9.84 Å². The van der Waals surface area contributed by atoms with Crippen LogP contribution in [0.15, 0.2) is 35.2 Å². The van der Waals surface area contributed by atoms with Gasteiger partial charge in [-0.15, -0.1) is 6.42 Å². The van der Waals surface area contributed by atoms with Gasteiger partial charge in [-0.2, -0.15) is 0 Å². The number of hydrogen-bond acceptors (Lipinski definition) is 2. The summed E-state index contributed by atoms with van der Waals surface area (Å²) in [7, 11) is -3.31. The molecule has 2 rings (SSSR count). The topological polar surface area (TPSA) is 34.1 Å². The fraction of sp³-hybridized carbons (Fsp3) is 0.273. The Hall–Kier alpha value is -1.27. The van der Waals surface area contributed by atoms with Gasteiger partial charge in [0.25, 0.3) is 0 Å². The highest BCUT2D eigenvalue weighted by Crippen LogP contribution is 2.45. The molecule has 14 heavy (non-hydrogen) atoms. The van der Waals surface area contributed by atoms with E-state index in [2.05, 4.69) is 5.92 Å². The summed E-state index contributed by atoms with van der Waals surface area (Å²) in [6.07, 6.45) is 6.43. The molecule has 0 N–H and O–H groups in total. The third-order valence-electron chi connectivity index (χ3n) is 2.54. The van der Waals surface area contributed by atoms with Crippen LogP contribution in [0.25, 0.3) is 0 Å². The molecule has 0 unspecified atom stereocenters. The Morgan fingerprint density at radius 2 is 1.79 bits per heavy atom. The first-order valence-corrected chi connectivity index (χ1v) is 5.88. The first kappa shape index (κ1) is 9.29. The van der Waals surface area contributed by atoms with Crippen LogP contribution in [-0.4, -0.2) is 13.2 Å². The van der Waals surface area contributed by atoms with Gasteiger partial charge in [0.05, 0.1) is 4.90 Å². The van der Waals surface area contributed by atoms with E-state index in [9.17, 15) is 8.42 Å². The van der Waals surface area contributed by atoms with Crippen molar-refractivity contribution in [3.8, 4) is 12.3 Å². The summed E-state index contributed by atoms with van der Waals surface area (Å²) in [4.78, 5) is 0.329. The number of sulfone groups is 1. The molecule has 1 aromatic rings. The molecule has 0 aromatic heterocycles. The smallest absolute Gasteiger partial charge is 0.195 e. The van der Waals surface area contributed by atoms with Crippen LogP contribution in [0.5, 0.6) is 0 Å². The largest absolute Gasteiger partial charge is 0.222 e. The van der Waals surface area contributed by atoms with E-state index in [-0.39, 0.29) is 0 Å². The first-order chi connectivity index (χ1) is 6.62. The third kappa shape index (κ3) is 1.15. The van der Waals surface area contributed by atoms with E-state index >= 15 is 0 Å². The average Bonchev–Trinajstić information content (AvgIpc) is 3.00. The van der Waals surface area contributed by atoms with Crippen LogP contribution in [0, 0.1) is 12.3 Å². The molecule has 1 aromatic carbocycles. The molecule has 0 heterocycles. The lowest BCUT2D eigenvalue weighted by molar-refractivity contribution is 0.588. The van der Waals surface area contributed by atoms with Crippen molar-refractivity contribution < 1.29 is 8.42 Å². The molecule has 0 spiro atoms. The van der Waals surface area contributed by atoms with Gasteiger partial charge in [-0.25, -0.2) is 8.42 Å². The van der Waals surface area contributed by atoms with Crippen molar-refractivity contribution in [2.45, 2.75) is 22.5 Å². The van der Waals surface area contributed by atoms with E-state index in [1.807, 2.05) is 0 Å². The number of terminal acetylenes is 1. The monoisotopic (exact) mass is 206 g/mol. The van der Waals surface area contributed by atoms with Crippen LogP contribution < -0.4 is 0 Å². The Balaban J connectivity index is 2.51. The highest BCUT2D eigenvalue weighted by atomic mass is 32.2. The predicted octanol–water partition coefficient (Wildman–Crippen LogP) is 1.63. The number of hydrogen-bond donors (Lipinski definition) is 0. The van der Waals surface area contributed by atoms with E-state index in [1.165, 1.54) is 0 Å². The lowest BCUT2D eigenvalue weighted by Gasteiger charge is -2.09. The molecule has 0 aliphatic heterocycles. The Labute approximate surface area is 83.9 Å². The van der Waals surface area contributed by atoms with Crippen LogP contribution >= 0.6 is 0 Å². The summed E-state index contributed by atoms with van der Waals surface area (Å²) in [6.45, 7) is 0. The quantitative estimate of drug-likeness (QED) is 0.689. The lowest BCUT2D eigenvalue weighted by atomic mass is 10.4. The molecule has 2 nitrogen and oxygen atoms in total. The number of benzene rings is 1. The van der Waals surface area contributed by atoms with Crippen molar-refractivity contribution in [1.82, 2.24) is 0 Å². The maximum atomic E-state index is 12.0. The Kier molecular flexibility index (Phi) is 1.90. The van der Waals surface area contributed by atoms with Gasteiger partial charge in [0.2, 0.25) is 0 Å². The highest BCUT2D eigenvalue weighted by Gasteiger charge is 2.53. The summed E-state index contributed by atoms with van der Waals surface area (Å²) >= 11 is 0. The van der Waals surface area contributed by atoms with Crippen molar-refractivity contribution in [3.63, 3.8) is 0 Å². The fourth-order valence-corrected chi connectivity index (χ4v) is 3.19. The maximum Gasteiger partial charge on any atom is 0.195 e. The van der Waals surface area contributed by atoms with Gasteiger partial charge < -0.3 is 0 Å². The fourth-order valence-electron chi connectivity index (χ4n) is 1.43. The molecule has 0 atom stereocenters. The maximum absolute atomic E-state index is 12.0. The van der Waals surface area contributed by atoms with E-state index in [1.54, 1.807) is 30.3 Å². The van der Waals surface area contributed by atoms with Gasteiger partial charge in [-0.05, 0) is 25.0 Å². The van der Waals surface area contributed by atoms with E-state index in [4.69, 9.17) is 6.42 Å². The summed E-state index contributed by atoms with van der Waals surface area (Å²) in [5.74, 6) is 2.40. The molecule has 1 fully saturated rings. The predicted molar refractivity (Wildman–Crippen MR) is 54.4 cm³/mol. The van der Waals surface area contributed by atoms with E-state index in [0.717, 1.165) is 0 Å². The summed E-state index contributed by atoms with van der Waals surface area (Å²) in [6, 6.07) is 8.38. The zero-order valence-electron chi connectivity index (χ0n) is 7.60. The molecule has 72 valence electrons. The van der Waals surface area contributed by atoms with Crippen LogP contribution in [-0.2, 0) is 9.84 Å². The van der Waals surface area contributed by atoms with Crippen molar-refractivity contribution in [3.05, 3.63) is 30.3 Å². The molecule has 3 heteroatoms. The second kappa shape index (κ2) is 2.86. The lowest BCUT2D eigenvalue weighted by Crippen LogP contribution is -2.20. The molecule has 0 saturated heterocycles. The van der Waals surface area contributed by atoms with Crippen molar-refractivity contribution in [1.29, 1.82) is 0 Å². The van der Waals surface area contributed by atoms with Gasteiger partial charge >= 0.3 is 0 Å². The molecule has 1 aliphatic carbocycles. The van der Waals surface area contributed by atoms with Gasteiger partial charge in [-0.1, -0.05) is 24.1 Å². The second-order valence-corrected chi connectivity index (χ2v) is 5.71. The molecule has 0 radical (unpaired) electrons. The average molecular weight is 206 g/mol. The minimum Gasteiger partial charge on any atom is -0.222 e. The first-order valence-electron chi connectivity index (χ1n) is 4.40. The Bertz CT molecular complexity index is 476. The van der Waals surface area contributed by atoms with Gasteiger partial charge in [0, 0.05) is 0 Å².